The van der Waals surface area contributed by atoms with E-state index in [0.29, 0.717) is 19.3 Å². The fourth-order valence-corrected chi connectivity index (χ4v) is 6.68. The van der Waals surface area contributed by atoms with Gasteiger partial charge in [0.2, 0.25) is 10.0 Å². The number of nitrogens with zero attached hydrogens (tertiary/aromatic N) is 1. The molecule has 0 atom stereocenters. The Balaban J connectivity index is 0.00000385. The van der Waals surface area contributed by atoms with Gasteiger partial charge in [0.1, 0.15) is 0 Å². The molecule has 2 heterocycles. The van der Waals surface area contributed by atoms with Crippen molar-refractivity contribution < 1.29 is 36.3 Å². The number of alkyl halides is 3. The molecule has 2 fully saturated rings. The minimum atomic E-state index is -4.14. The first-order valence-corrected chi connectivity index (χ1v) is 12.2. The molecule has 0 bridgehead atoms. The molecule has 1 aromatic carbocycles. The molecule has 2 aliphatic heterocycles. The Bertz CT molecular complexity index is 882. The maximum atomic E-state index is 13.3. The summed E-state index contributed by atoms with van der Waals surface area (Å²) in [6.45, 7) is 0.750. The monoisotopic (exact) mass is 514 g/mol. The summed E-state index contributed by atoms with van der Waals surface area (Å²) in [5.74, 6) is -0.799. The number of rotatable bonds is 7. The summed E-state index contributed by atoms with van der Waals surface area (Å²) in [5, 5.41) is 9.14. The highest BCUT2D eigenvalue weighted by molar-refractivity contribution is 7.91. The number of amides is 1. The number of ether oxygens (including phenoxy) is 1. The average molecular weight is 515 g/mol. The lowest BCUT2D eigenvalue weighted by molar-refractivity contribution is -0.135. The molecular formula is C21H30ClF3N2O5S. The molecule has 2 N–H and O–H groups in total. The smallest absolute Gasteiger partial charge is 0.381 e. The van der Waals surface area contributed by atoms with Crippen molar-refractivity contribution in [1.82, 2.24) is 9.79 Å². The van der Waals surface area contributed by atoms with E-state index in [1.807, 2.05) is 24.3 Å². The predicted molar refractivity (Wildman–Crippen MR) is 118 cm³/mol. The lowest BCUT2D eigenvalue weighted by Crippen LogP contribution is -2.60. The molecule has 0 unspecified atom stereocenters. The first-order valence-electron chi connectivity index (χ1n) is 10.8. The lowest BCUT2D eigenvalue weighted by atomic mass is 9.89. The molecule has 188 valence electrons. The number of hydrogen-bond donors (Lipinski definition) is 2. The SMILES string of the molecule is Cl.O=C(NO)C1(S(=O)(=O)N2CCC(c3ccc(CCCC(F)(F)F)cc3)CC2)CCOCC1. The number of sulfonamides is 1. The summed E-state index contributed by atoms with van der Waals surface area (Å²) < 4.78 is 68.4. The largest absolute Gasteiger partial charge is 0.389 e. The first-order chi connectivity index (χ1) is 15.1. The number of halogens is 4. The summed E-state index contributed by atoms with van der Waals surface area (Å²) in [5.41, 5.74) is 3.39. The van der Waals surface area contributed by atoms with Crippen LogP contribution in [0.4, 0.5) is 13.2 Å². The van der Waals surface area contributed by atoms with Gasteiger partial charge in [0.05, 0.1) is 0 Å². The maximum absolute atomic E-state index is 13.3. The quantitative estimate of drug-likeness (QED) is 0.428. The van der Waals surface area contributed by atoms with Crippen LogP contribution >= 0.6 is 12.4 Å². The zero-order valence-electron chi connectivity index (χ0n) is 18.1. The van der Waals surface area contributed by atoms with E-state index >= 15 is 0 Å². The molecular weight excluding hydrogens is 485 g/mol. The summed E-state index contributed by atoms with van der Waals surface area (Å²) >= 11 is 0. The molecule has 3 rings (SSSR count). The van der Waals surface area contributed by atoms with Crippen LogP contribution in [0.3, 0.4) is 0 Å². The molecule has 0 aromatic heterocycles. The van der Waals surface area contributed by atoms with Crippen LogP contribution in [-0.4, -0.2) is 61.1 Å². The van der Waals surface area contributed by atoms with Crippen LogP contribution in [0.25, 0.3) is 0 Å². The van der Waals surface area contributed by atoms with Crippen LogP contribution in [0.15, 0.2) is 24.3 Å². The van der Waals surface area contributed by atoms with Crippen molar-refractivity contribution in [3.63, 3.8) is 0 Å². The van der Waals surface area contributed by atoms with Gasteiger partial charge in [0, 0.05) is 45.6 Å². The Morgan fingerprint density at radius 2 is 1.73 bits per heavy atom. The molecule has 0 spiro atoms. The zero-order chi connectivity index (χ0) is 23.4. The molecule has 2 aliphatic rings. The second-order valence-corrected chi connectivity index (χ2v) is 10.7. The van der Waals surface area contributed by atoms with E-state index in [-0.39, 0.29) is 63.9 Å². The van der Waals surface area contributed by atoms with Crippen LogP contribution < -0.4 is 5.48 Å². The number of hydrogen-bond acceptors (Lipinski definition) is 5. The first kappa shape index (κ1) is 27.8. The minimum absolute atomic E-state index is 0. The second kappa shape index (κ2) is 11.4. The van der Waals surface area contributed by atoms with Crippen molar-refractivity contribution >= 4 is 28.3 Å². The van der Waals surface area contributed by atoms with Gasteiger partial charge in [-0.25, -0.2) is 18.2 Å². The Hall–Kier alpha value is -1.40. The molecule has 33 heavy (non-hydrogen) atoms. The average Bonchev–Trinajstić information content (AvgIpc) is 2.78. The Kier molecular flexibility index (Phi) is 9.58. The van der Waals surface area contributed by atoms with Gasteiger partial charge >= 0.3 is 6.18 Å². The molecule has 12 heteroatoms. The van der Waals surface area contributed by atoms with Crippen molar-refractivity contribution in [2.24, 2.45) is 0 Å². The van der Waals surface area contributed by atoms with Crippen LogP contribution in [0.1, 0.15) is 55.6 Å². The van der Waals surface area contributed by atoms with E-state index in [9.17, 15) is 26.4 Å². The number of aryl methyl sites for hydroxylation is 1. The normalized spacial score (nSPS) is 20.1. The van der Waals surface area contributed by atoms with Crippen molar-refractivity contribution in [2.45, 2.75) is 61.8 Å². The third kappa shape index (κ3) is 6.39. The molecule has 1 aromatic rings. The number of carbonyl (C=O) groups excluding carboxylic acids is 1. The van der Waals surface area contributed by atoms with Gasteiger partial charge in [-0.2, -0.15) is 13.2 Å². The Morgan fingerprint density at radius 1 is 1.15 bits per heavy atom. The second-order valence-electron chi connectivity index (χ2n) is 8.44. The highest BCUT2D eigenvalue weighted by Gasteiger charge is 2.54. The number of carbonyl (C=O) groups is 1. The topological polar surface area (TPSA) is 95.9 Å². The van der Waals surface area contributed by atoms with Gasteiger partial charge in [0.15, 0.2) is 4.75 Å². The number of nitrogens with one attached hydrogen (secondary N) is 1. The van der Waals surface area contributed by atoms with Gasteiger partial charge in [-0.05, 0) is 42.7 Å². The van der Waals surface area contributed by atoms with E-state index in [4.69, 9.17) is 9.94 Å². The van der Waals surface area contributed by atoms with Gasteiger partial charge in [-0.1, -0.05) is 24.3 Å². The standard InChI is InChI=1S/C21H29F3N2O5S.ClH/c22-21(23,24)9-1-2-16-3-5-17(6-4-16)18-7-12-26(13-8-18)32(29,30)20(19(27)25-28)10-14-31-15-11-20;/h3-6,18,28H,1-2,7-15H2,(H,25,27);1H. The lowest BCUT2D eigenvalue weighted by Gasteiger charge is -2.40. The molecule has 0 radical (unpaired) electrons. The third-order valence-corrected chi connectivity index (χ3v) is 9.11. The fourth-order valence-electron chi connectivity index (χ4n) is 4.53. The highest BCUT2D eigenvalue weighted by Crippen LogP contribution is 2.37. The van der Waals surface area contributed by atoms with Crippen molar-refractivity contribution in [3.8, 4) is 0 Å². The number of benzene rings is 1. The highest BCUT2D eigenvalue weighted by atomic mass is 35.5. The summed E-state index contributed by atoms with van der Waals surface area (Å²) in [6, 6.07) is 7.46. The van der Waals surface area contributed by atoms with E-state index in [1.54, 1.807) is 0 Å². The third-order valence-electron chi connectivity index (χ3n) is 6.48. The molecule has 7 nitrogen and oxygen atoms in total. The van der Waals surface area contributed by atoms with Crippen molar-refractivity contribution in [3.05, 3.63) is 35.4 Å². The summed E-state index contributed by atoms with van der Waals surface area (Å²) in [4.78, 5) is 12.3. The van der Waals surface area contributed by atoms with E-state index in [1.165, 1.54) is 9.79 Å². The Labute approximate surface area is 198 Å². The number of hydroxylamine groups is 1. The van der Waals surface area contributed by atoms with E-state index in [0.717, 1.165) is 11.1 Å². The van der Waals surface area contributed by atoms with E-state index < -0.39 is 33.3 Å². The van der Waals surface area contributed by atoms with Gasteiger partial charge in [0.25, 0.3) is 5.91 Å². The summed E-state index contributed by atoms with van der Waals surface area (Å²) in [7, 11) is -4.00. The summed E-state index contributed by atoms with van der Waals surface area (Å²) in [6.07, 6.45) is -3.43. The fraction of sp³-hybridized carbons (Fsp3) is 0.667. The van der Waals surface area contributed by atoms with Gasteiger partial charge < -0.3 is 4.74 Å². The Morgan fingerprint density at radius 3 is 2.24 bits per heavy atom. The van der Waals surface area contributed by atoms with Gasteiger partial charge in [-0.15, -0.1) is 12.4 Å². The minimum Gasteiger partial charge on any atom is -0.381 e. The van der Waals surface area contributed by atoms with Gasteiger partial charge in [-0.3, -0.25) is 10.0 Å². The van der Waals surface area contributed by atoms with Crippen molar-refractivity contribution in [1.29, 1.82) is 0 Å². The van der Waals surface area contributed by atoms with Crippen molar-refractivity contribution in [2.75, 3.05) is 26.3 Å². The molecule has 0 aliphatic carbocycles. The molecule has 2 saturated heterocycles. The predicted octanol–water partition coefficient (Wildman–Crippen LogP) is 3.56. The molecule has 0 saturated carbocycles. The zero-order valence-corrected chi connectivity index (χ0v) is 19.8. The molecule has 1 amide bonds. The van der Waals surface area contributed by atoms with Crippen LogP contribution in [0.5, 0.6) is 0 Å². The van der Waals surface area contributed by atoms with Crippen LogP contribution in [0.2, 0.25) is 0 Å². The van der Waals surface area contributed by atoms with Crippen LogP contribution in [-0.2, 0) is 26.0 Å². The number of piperidine rings is 1. The van der Waals surface area contributed by atoms with E-state index in [2.05, 4.69) is 0 Å². The maximum Gasteiger partial charge on any atom is 0.389 e. The van der Waals surface area contributed by atoms with Crippen LogP contribution in [0, 0.1) is 0 Å².